The number of ether oxygens (including phenoxy) is 5. The standard InChI is InChI=1S/C32H30N2O7S/c1-6-41-31(36)26-27(20-10-8-7-9-11-20)33-32-34(28(26)21-17-23(38-3)29(40-5)24(18-21)39-4)30(35)25(42-32)16-19-12-14-22(37-2)15-13-19/h7-18,28H,6H2,1-5H3/b25-16-. The van der Waals surface area contributed by atoms with Crippen molar-refractivity contribution >= 4 is 29.1 Å². The van der Waals surface area contributed by atoms with Crippen LogP contribution in [0.4, 0.5) is 0 Å². The van der Waals surface area contributed by atoms with E-state index in [2.05, 4.69) is 0 Å². The summed E-state index contributed by atoms with van der Waals surface area (Å²) in [6, 6.07) is 19.3. The predicted octanol–water partition coefficient (Wildman–Crippen LogP) is 3.97. The number of nitrogens with zero attached hydrogens (tertiary/aromatic N) is 2. The van der Waals surface area contributed by atoms with Gasteiger partial charge in [0.2, 0.25) is 5.75 Å². The Hall–Kier alpha value is -4.83. The lowest BCUT2D eigenvalue weighted by Gasteiger charge is -2.27. The molecule has 0 aliphatic carbocycles. The number of carbonyl (C=O) groups excluding carboxylic acids is 1. The minimum absolute atomic E-state index is 0.147. The van der Waals surface area contributed by atoms with Crippen LogP contribution in [-0.2, 0) is 9.53 Å². The monoisotopic (exact) mass is 586 g/mol. The highest BCUT2D eigenvalue weighted by Crippen LogP contribution is 2.43. The topological polar surface area (TPSA) is 97.6 Å². The van der Waals surface area contributed by atoms with E-state index in [0.717, 1.165) is 5.56 Å². The van der Waals surface area contributed by atoms with Gasteiger partial charge in [0, 0.05) is 5.56 Å². The first-order valence-electron chi connectivity index (χ1n) is 13.2. The molecule has 0 fully saturated rings. The lowest BCUT2D eigenvalue weighted by Crippen LogP contribution is -2.40. The molecule has 9 nitrogen and oxygen atoms in total. The Bertz CT molecular complexity index is 1800. The summed E-state index contributed by atoms with van der Waals surface area (Å²) in [4.78, 5) is 33.2. The van der Waals surface area contributed by atoms with Crippen molar-refractivity contribution in [1.29, 1.82) is 0 Å². The smallest absolute Gasteiger partial charge is 0.338 e. The SMILES string of the molecule is CCOC(=O)C1=C(c2ccccc2)N=c2s/c(=C\c3ccc(OC)cc3)c(=O)n2C1c1cc(OC)c(OC)c(OC)c1. The van der Waals surface area contributed by atoms with E-state index in [9.17, 15) is 9.59 Å². The molecule has 0 N–H and O–H groups in total. The van der Waals surface area contributed by atoms with Crippen molar-refractivity contribution in [3.8, 4) is 23.0 Å². The number of thiazole rings is 1. The molecule has 42 heavy (non-hydrogen) atoms. The van der Waals surface area contributed by atoms with Gasteiger partial charge in [-0.3, -0.25) is 9.36 Å². The predicted molar refractivity (Wildman–Crippen MR) is 160 cm³/mol. The first-order chi connectivity index (χ1) is 20.4. The average Bonchev–Trinajstić information content (AvgIpc) is 3.34. The van der Waals surface area contributed by atoms with Gasteiger partial charge in [-0.1, -0.05) is 53.8 Å². The molecule has 216 valence electrons. The molecule has 5 rings (SSSR count). The van der Waals surface area contributed by atoms with Gasteiger partial charge >= 0.3 is 5.97 Å². The van der Waals surface area contributed by atoms with E-state index >= 15 is 0 Å². The fourth-order valence-corrected chi connectivity index (χ4v) is 5.87. The van der Waals surface area contributed by atoms with Crippen LogP contribution in [0, 0.1) is 0 Å². The van der Waals surface area contributed by atoms with Gasteiger partial charge in [0.15, 0.2) is 16.3 Å². The van der Waals surface area contributed by atoms with Crippen LogP contribution in [0.2, 0.25) is 0 Å². The maximum atomic E-state index is 14.1. The molecule has 0 saturated heterocycles. The van der Waals surface area contributed by atoms with Gasteiger partial charge in [0.1, 0.15) is 5.75 Å². The number of fused-ring (bicyclic) bond motifs is 1. The Morgan fingerprint density at radius 2 is 1.60 bits per heavy atom. The van der Waals surface area contributed by atoms with Crippen molar-refractivity contribution in [1.82, 2.24) is 4.57 Å². The Morgan fingerprint density at radius 1 is 0.929 bits per heavy atom. The lowest BCUT2D eigenvalue weighted by molar-refractivity contribution is -0.138. The van der Waals surface area contributed by atoms with Crippen LogP contribution < -0.4 is 33.8 Å². The molecule has 4 aromatic rings. The minimum Gasteiger partial charge on any atom is -0.497 e. The van der Waals surface area contributed by atoms with Crippen molar-refractivity contribution in [2.75, 3.05) is 35.0 Å². The van der Waals surface area contributed by atoms with Crippen LogP contribution in [0.5, 0.6) is 23.0 Å². The molecule has 1 aliphatic heterocycles. The third kappa shape index (κ3) is 5.28. The van der Waals surface area contributed by atoms with E-state index in [-0.39, 0.29) is 17.7 Å². The zero-order chi connectivity index (χ0) is 29.8. The van der Waals surface area contributed by atoms with Crippen LogP contribution in [0.25, 0.3) is 11.8 Å². The second-order valence-electron chi connectivity index (χ2n) is 9.16. The van der Waals surface area contributed by atoms with Crippen molar-refractivity contribution < 1.29 is 28.5 Å². The number of rotatable bonds is 9. The summed E-state index contributed by atoms with van der Waals surface area (Å²) in [6.45, 7) is 1.88. The van der Waals surface area contributed by atoms with E-state index in [1.165, 1.54) is 37.2 Å². The molecule has 0 saturated carbocycles. The molecule has 2 heterocycles. The van der Waals surface area contributed by atoms with E-state index < -0.39 is 12.0 Å². The second-order valence-corrected chi connectivity index (χ2v) is 10.2. The van der Waals surface area contributed by atoms with Gasteiger partial charge in [-0.15, -0.1) is 0 Å². The Balaban J connectivity index is 1.85. The van der Waals surface area contributed by atoms with Crippen molar-refractivity contribution in [2.24, 2.45) is 4.99 Å². The van der Waals surface area contributed by atoms with Crippen LogP contribution in [-0.4, -0.2) is 45.6 Å². The Kier molecular flexibility index (Phi) is 8.44. The third-order valence-corrected chi connectivity index (χ3v) is 7.77. The number of hydrogen-bond donors (Lipinski definition) is 0. The summed E-state index contributed by atoms with van der Waals surface area (Å²) < 4.78 is 29.6. The minimum atomic E-state index is -0.901. The molecule has 1 unspecified atom stereocenters. The highest BCUT2D eigenvalue weighted by atomic mass is 32.1. The largest absolute Gasteiger partial charge is 0.497 e. The molecule has 0 amide bonds. The first-order valence-corrected chi connectivity index (χ1v) is 14.0. The first kappa shape index (κ1) is 28.7. The van der Waals surface area contributed by atoms with E-state index in [1.807, 2.05) is 54.6 Å². The van der Waals surface area contributed by atoms with Crippen molar-refractivity contribution in [3.05, 3.63) is 109 Å². The van der Waals surface area contributed by atoms with Crippen LogP contribution in [0.3, 0.4) is 0 Å². The van der Waals surface area contributed by atoms with Crippen molar-refractivity contribution in [2.45, 2.75) is 13.0 Å². The van der Waals surface area contributed by atoms with Gasteiger partial charge in [-0.25, -0.2) is 9.79 Å². The van der Waals surface area contributed by atoms with Gasteiger partial charge in [-0.2, -0.15) is 0 Å². The number of hydrogen-bond acceptors (Lipinski definition) is 9. The van der Waals surface area contributed by atoms with E-state index in [1.54, 1.807) is 32.2 Å². The molecule has 0 bridgehead atoms. The van der Waals surface area contributed by atoms with Gasteiger partial charge in [-0.05, 0) is 48.4 Å². The van der Waals surface area contributed by atoms with E-state index in [0.29, 0.717) is 49.2 Å². The number of benzene rings is 3. The summed E-state index contributed by atoms with van der Waals surface area (Å²) in [6.07, 6.45) is 1.80. The quantitative estimate of drug-likeness (QED) is 0.274. The average molecular weight is 587 g/mol. The normalized spacial score (nSPS) is 14.6. The Labute approximate surface area is 246 Å². The summed E-state index contributed by atoms with van der Waals surface area (Å²) in [5.41, 5.74) is 2.44. The molecule has 1 atom stereocenters. The molecule has 10 heteroatoms. The van der Waals surface area contributed by atoms with Crippen molar-refractivity contribution in [3.63, 3.8) is 0 Å². The molecular weight excluding hydrogens is 556 g/mol. The van der Waals surface area contributed by atoms with Gasteiger partial charge in [0.25, 0.3) is 5.56 Å². The summed E-state index contributed by atoms with van der Waals surface area (Å²) >= 11 is 1.24. The maximum absolute atomic E-state index is 14.1. The zero-order valence-corrected chi connectivity index (χ0v) is 24.7. The summed E-state index contributed by atoms with van der Waals surface area (Å²) in [7, 11) is 6.14. The molecule has 3 aromatic carbocycles. The number of esters is 1. The number of aromatic nitrogens is 1. The molecule has 1 aliphatic rings. The van der Waals surface area contributed by atoms with E-state index in [4.69, 9.17) is 28.7 Å². The van der Waals surface area contributed by atoms with Crippen LogP contribution >= 0.6 is 11.3 Å². The fraction of sp³-hybridized carbons (Fsp3) is 0.219. The van der Waals surface area contributed by atoms with Gasteiger partial charge < -0.3 is 23.7 Å². The maximum Gasteiger partial charge on any atom is 0.338 e. The molecule has 1 aromatic heterocycles. The second kappa shape index (κ2) is 12.4. The Morgan fingerprint density at radius 3 is 2.17 bits per heavy atom. The third-order valence-electron chi connectivity index (χ3n) is 6.79. The lowest BCUT2D eigenvalue weighted by atomic mass is 9.92. The summed E-state index contributed by atoms with van der Waals surface area (Å²) in [5, 5.41) is 0. The molecular formula is C32H30N2O7S. The molecule has 0 spiro atoms. The highest BCUT2D eigenvalue weighted by Gasteiger charge is 2.36. The van der Waals surface area contributed by atoms with Crippen LogP contribution in [0.15, 0.2) is 82.1 Å². The molecule has 0 radical (unpaired) electrons. The fourth-order valence-electron chi connectivity index (χ4n) is 4.87. The van der Waals surface area contributed by atoms with Crippen LogP contribution in [0.1, 0.15) is 29.7 Å². The summed E-state index contributed by atoms with van der Waals surface area (Å²) in [5.74, 6) is 1.29. The number of carbonyl (C=O) groups is 1. The number of methoxy groups -OCH3 is 4. The highest BCUT2D eigenvalue weighted by molar-refractivity contribution is 7.07. The van der Waals surface area contributed by atoms with Gasteiger partial charge in [0.05, 0.1) is 56.9 Å². The zero-order valence-electron chi connectivity index (χ0n) is 23.9.